The Labute approximate surface area is 79.6 Å². The highest BCUT2D eigenvalue weighted by atomic mass is 19.1. The zero-order valence-corrected chi connectivity index (χ0v) is 8.63. The molecule has 1 rings (SSSR count). The number of nitrogens with two attached hydrogens (primary N) is 1. The van der Waals surface area contributed by atoms with Crippen LogP contribution in [-0.4, -0.2) is 36.7 Å². The minimum absolute atomic E-state index is 0.0301. The highest BCUT2D eigenvalue weighted by Crippen LogP contribution is 2.31. The summed E-state index contributed by atoms with van der Waals surface area (Å²) in [6.45, 7) is 5.15. The molecule has 0 radical (unpaired) electrons. The van der Waals surface area contributed by atoms with E-state index in [1.54, 1.807) is 12.2 Å². The predicted octanol–water partition coefficient (Wildman–Crippen LogP) is 1.18. The highest BCUT2D eigenvalue weighted by Gasteiger charge is 2.43. The third kappa shape index (κ3) is 1.92. The van der Waals surface area contributed by atoms with E-state index in [0.29, 0.717) is 6.54 Å². The van der Waals surface area contributed by atoms with Crippen molar-refractivity contribution in [3.8, 4) is 0 Å². The zero-order valence-electron chi connectivity index (χ0n) is 8.63. The van der Waals surface area contributed by atoms with Crippen LogP contribution in [0, 0.1) is 5.92 Å². The Kier molecular flexibility index (Phi) is 3.09. The molecule has 3 atom stereocenters. The van der Waals surface area contributed by atoms with Crippen LogP contribution in [0.3, 0.4) is 0 Å². The van der Waals surface area contributed by atoms with Crippen molar-refractivity contribution in [2.45, 2.75) is 25.6 Å². The number of likely N-dealkylation sites (tertiary alicyclic amines) is 1. The van der Waals surface area contributed by atoms with Gasteiger partial charge in [0, 0.05) is 19.0 Å². The van der Waals surface area contributed by atoms with Gasteiger partial charge >= 0.3 is 0 Å². The number of hydrogen-bond acceptors (Lipinski definition) is 2. The molecule has 3 unspecified atom stereocenters. The molecule has 0 amide bonds. The van der Waals surface area contributed by atoms with Crippen molar-refractivity contribution >= 4 is 0 Å². The maximum Gasteiger partial charge on any atom is 0.149 e. The van der Waals surface area contributed by atoms with E-state index in [2.05, 4.69) is 4.90 Å². The Morgan fingerprint density at radius 1 is 1.54 bits per heavy atom. The zero-order chi connectivity index (χ0) is 10.1. The molecule has 3 heteroatoms. The first kappa shape index (κ1) is 10.7. The van der Waals surface area contributed by atoms with Crippen LogP contribution in [0.25, 0.3) is 0 Å². The molecule has 13 heavy (non-hydrogen) atoms. The summed E-state index contributed by atoms with van der Waals surface area (Å²) in [6.07, 6.45) is 3.36. The average Bonchev–Trinajstić information content (AvgIpc) is 2.01. The molecule has 1 fully saturated rings. The van der Waals surface area contributed by atoms with E-state index in [9.17, 15) is 4.39 Å². The van der Waals surface area contributed by atoms with Gasteiger partial charge in [-0.2, -0.15) is 0 Å². The van der Waals surface area contributed by atoms with Crippen LogP contribution in [-0.2, 0) is 0 Å². The molecule has 0 spiro atoms. The van der Waals surface area contributed by atoms with Crippen LogP contribution in [0.1, 0.15) is 13.8 Å². The lowest BCUT2D eigenvalue weighted by molar-refractivity contribution is 0.0335. The molecule has 0 bridgehead atoms. The standard InChI is InChI=1S/C10H19FN2/c1-4-5-10(11)8(2)6-13(3)7-9(10)12/h4-5,8-9H,6-7,12H2,1-3H3/b5-4+. The van der Waals surface area contributed by atoms with Crippen LogP contribution in [0.5, 0.6) is 0 Å². The monoisotopic (exact) mass is 186 g/mol. The first-order chi connectivity index (χ1) is 6.00. The SMILES string of the molecule is C/C=C/C1(F)C(C)CN(C)CC1N. The molecule has 1 saturated heterocycles. The van der Waals surface area contributed by atoms with E-state index in [4.69, 9.17) is 5.73 Å². The fourth-order valence-electron chi connectivity index (χ4n) is 2.07. The van der Waals surface area contributed by atoms with Crippen molar-refractivity contribution in [3.05, 3.63) is 12.2 Å². The molecule has 2 N–H and O–H groups in total. The molecule has 0 aliphatic carbocycles. The predicted molar refractivity (Wildman–Crippen MR) is 53.3 cm³/mol. The number of alkyl halides is 1. The topological polar surface area (TPSA) is 29.3 Å². The summed E-state index contributed by atoms with van der Waals surface area (Å²) in [6, 6.07) is -0.405. The van der Waals surface area contributed by atoms with Crippen molar-refractivity contribution in [1.29, 1.82) is 0 Å². The minimum Gasteiger partial charge on any atom is -0.324 e. The number of hydrogen-bond donors (Lipinski definition) is 1. The van der Waals surface area contributed by atoms with Gasteiger partial charge in [0.1, 0.15) is 5.67 Å². The normalized spacial score (nSPS) is 42.8. The van der Waals surface area contributed by atoms with Gasteiger partial charge in [-0.05, 0) is 20.0 Å². The van der Waals surface area contributed by atoms with E-state index in [-0.39, 0.29) is 5.92 Å². The van der Waals surface area contributed by atoms with Gasteiger partial charge in [0.05, 0.1) is 6.04 Å². The molecule has 1 aliphatic rings. The van der Waals surface area contributed by atoms with Gasteiger partial charge in [-0.15, -0.1) is 0 Å². The number of rotatable bonds is 1. The van der Waals surface area contributed by atoms with Crippen LogP contribution in [0.2, 0.25) is 0 Å². The lowest BCUT2D eigenvalue weighted by Crippen LogP contribution is -2.60. The Morgan fingerprint density at radius 2 is 2.15 bits per heavy atom. The second kappa shape index (κ2) is 3.76. The fourth-order valence-corrected chi connectivity index (χ4v) is 2.07. The summed E-state index contributed by atoms with van der Waals surface area (Å²) in [5, 5.41) is 0. The summed E-state index contributed by atoms with van der Waals surface area (Å²) in [5.74, 6) is -0.0301. The van der Waals surface area contributed by atoms with Crippen molar-refractivity contribution in [1.82, 2.24) is 4.90 Å². The quantitative estimate of drug-likeness (QED) is 0.623. The highest BCUT2D eigenvalue weighted by molar-refractivity contribution is 5.12. The van der Waals surface area contributed by atoms with Crippen molar-refractivity contribution in [2.75, 3.05) is 20.1 Å². The average molecular weight is 186 g/mol. The van der Waals surface area contributed by atoms with Crippen molar-refractivity contribution in [2.24, 2.45) is 11.7 Å². The summed E-state index contributed by atoms with van der Waals surface area (Å²) < 4.78 is 14.3. The van der Waals surface area contributed by atoms with Gasteiger partial charge in [0.15, 0.2) is 0 Å². The third-order valence-corrected chi connectivity index (χ3v) is 2.84. The van der Waals surface area contributed by atoms with Crippen molar-refractivity contribution in [3.63, 3.8) is 0 Å². The number of halogens is 1. The molecule has 0 saturated carbocycles. The molecule has 1 heterocycles. The maximum atomic E-state index is 14.3. The molecule has 0 aromatic carbocycles. The molecule has 0 aromatic heterocycles. The second-order valence-corrected chi connectivity index (χ2v) is 4.06. The number of nitrogens with zero attached hydrogens (tertiary/aromatic N) is 1. The van der Waals surface area contributed by atoms with Crippen LogP contribution < -0.4 is 5.73 Å². The smallest absolute Gasteiger partial charge is 0.149 e. The van der Waals surface area contributed by atoms with Crippen LogP contribution >= 0.6 is 0 Å². The van der Waals surface area contributed by atoms with Gasteiger partial charge in [-0.3, -0.25) is 0 Å². The number of piperidine rings is 1. The van der Waals surface area contributed by atoms with Crippen LogP contribution in [0.4, 0.5) is 4.39 Å². The Bertz CT molecular complexity index is 191. The largest absolute Gasteiger partial charge is 0.324 e. The Morgan fingerprint density at radius 3 is 2.62 bits per heavy atom. The summed E-state index contributed by atoms with van der Waals surface area (Å²) in [7, 11) is 1.98. The van der Waals surface area contributed by atoms with Gasteiger partial charge < -0.3 is 10.6 Å². The van der Waals surface area contributed by atoms with E-state index in [0.717, 1.165) is 6.54 Å². The Balaban J connectivity index is 2.82. The number of allylic oxidation sites excluding steroid dienone is 1. The number of likely N-dealkylation sites (N-methyl/N-ethyl adjacent to an activating group) is 1. The lowest BCUT2D eigenvalue weighted by atomic mass is 9.80. The minimum atomic E-state index is -1.32. The van der Waals surface area contributed by atoms with E-state index in [1.807, 2.05) is 20.9 Å². The van der Waals surface area contributed by atoms with E-state index in [1.165, 1.54) is 0 Å². The first-order valence-corrected chi connectivity index (χ1v) is 4.77. The van der Waals surface area contributed by atoms with Gasteiger partial charge in [-0.25, -0.2) is 4.39 Å². The second-order valence-electron chi connectivity index (χ2n) is 4.06. The molecular formula is C10H19FN2. The lowest BCUT2D eigenvalue weighted by Gasteiger charge is -2.42. The molecule has 2 nitrogen and oxygen atoms in total. The summed E-state index contributed by atoms with van der Waals surface area (Å²) in [4.78, 5) is 2.08. The van der Waals surface area contributed by atoms with Crippen LogP contribution in [0.15, 0.2) is 12.2 Å². The van der Waals surface area contributed by atoms with Crippen molar-refractivity contribution < 1.29 is 4.39 Å². The summed E-state index contributed by atoms with van der Waals surface area (Å²) in [5.41, 5.74) is 4.49. The first-order valence-electron chi connectivity index (χ1n) is 4.77. The van der Waals surface area contributed by atoms with Gasteiger partial charge in [0.2, 0.25) is 0 Å². The fraction of sp³-hybridized carbons (Fsp3) is 0.800. The Hall–Kier alpha value is -0.410. The van der Waals surface area contributed by atoms with E-state index >= 15 is 0 Å². The molecule has 1 aliphatic heterocycles. The van der Waals surface area contributed by atoms with Gasteiger partial charge in [0.25, 0.3) is 0 Å². The van der Waals surface area contributed by atoms with Gasteiger partial charge in [-0.1, -0.05) is 13.0 Å². The molecule has 0 aromatic rings. The molecule has 76 valence electrons. The molecular weight excluding hydrogens is 167 g/mol. The summed E-state index contributed by atoms with van der Waals surface area (Å²) >= 11 is 0. The van der Waals surface area contributed by atoms with E-state index < -0.39 is 11.7 Å². The third-order valence-electron chi connectivity index (χ3n) is 2.84. The maximum absolute atomic E-state index is 14.3.